The molecule has 1 heterocycles. The van der Waals surface area contributed by atoms with E-state index in [1.54, 1.807) is 0 Å². The summed E-state index contributed by atoms with van der Waals surface area (Å²) in [5, 5.41) is 1.90. The van der Waals surface area contributed by atoms with Gasteiger partial charge in [0.25, 0.3) is 0 Å². The van der Waals surface area contributed by atoms with E-state index >= 15 is 0 Å². The fraction of sp³-hybridized carbons (Fsp3) is 0.429. The Morgan fingerprint density at radius 3 is 2.68 bits per heavy atom. The molecule has 1 aromatic carbocycles. The Balaban J connectivity index is 2.07. The topological polar surface area (TPSA) is 14.2 Å². The lowest BCUT2D eigenvalue weighted by Gasteiger charge is -2.16. The Kier molecular flexibility index (Phi) is 4.77. The average molecular weight is 361 g/mol. The van der Waals surface area contributed by atoms with Gasteiger partial charge in [0.15, 0.2) is 0 Å². The summed E-state index contributed by atoms with van der Waals surface area (Å²) in [6, 6.07) is 7.21. The summed E-state index contributed by atoms with van der Waals surface area (Å²) in [6.07, 6.45) is 2.04. The second-order valence-corrected chi connectivity index (χ2v) is 12.8. The molecule has 2 rings (SSSR count). The predicted octanol–water partition coefficient (Wildman–Crippen LogP) is 5.37. The Morgan fingerprint density at radius 1 is 1.26 bits per heavy atom. The van der Waals surface area contributed by atoms with Crippen LogP contribution in [-0.2, 0) is 11.5 Å². The van der Waals surface area contributed by atoms with Gasteiger partial charge >= 0.3 is 0 Å². The molecule has 0 fully saturated rings. The van der Waals surface area contributed by atoms with Crippen molar-refractivity contribution in [3.05, 3.63) is 33.9 Å². The van der Waals surface area contributed by atoms with E-state index in [4.69, 9.17) is 16.3 Å². The van der Waals surface area contributed by atoms with Crippen molar-refractivity contribution in [2.24, 2.45) is 0 Å². The highest BCUT2D eigenvalue weighted by atomic mass is 79.9. The third kappa shape index (κ3) is 3.84. The normalized spacial score (nSPS) is 12.3. The largest absolute Gasteiger partial charge is 0.361 e. The Hall–Kier alpha value is -0.293. The van der Waals surface area contributed by atoms with Gasteiger partial charge in [0.05, 0.1) is 15.0 Å². The number of rotatable bonds is 5. The van der Waals surface area contributed by atoms with Crippen LogP contribution >= 0.6 is 27.5 Å². The third-order valence-electron chi connectivity index (χ3n) is 3.05. The second kappa shape index (κ2) is 6.00. The zero-order valence-corrected chi connectivity index (χ0v) is 14.9. The minimum Gasteiger partial charge on any atom is -0.361 e. The quantitative estimate of drug-likeness (QED) is 0.516. The molecule has 0 aliphatic heterocycles. The van der Waals surface area contributed by atoms with E-state index < -0.39 is 8.07 Å². The molecule has 0 N–H and O–H groups in total. The molecule has 104 valence electrons. The van der Waals surface area contributed by atoms with Crippen molar-refractivity contribution in [2.75, 3.05) is 6.61 Å². The van der Waals surface area contributed by atoms with Crippen LogP contribution in [0.3, 0.4) is 0 Å². The summed E-state index contributed by atoms with van der Waals surface area (Å²) in [6.45, 7) is 8.48. The van der Waals surface area contributed by atoms with Crippen molar-refractivity contribution >= 4 is 46.5 Å². The van der Waals surface area contributed by atoms with Crippen LogP contribution in [0.2, 0.25) is 30.7 Å². The molecule has 2 aromatic rings. The summed E-state index contributed by atoms with van der Waals surface area (Å²) < 4.78 is 8.82. The average Bonchev–Trinajstić information content (AvgIpc) is 2.72. The summed E-state index contributed by atoms with van der Waals surface area (Å²) >= 11 is 9.69. The van der Waals surface area contributed by atoms with Crippen LogP contribution in [0.25, 0.3) is 10.9 Å². The van der Waals surface area contributed by atoms with Gasteiger partial charge in [0, 0.05) is 26.3 Å². The minimum atomic E-state index is -1.02. The number of benzene rings is 1. The van der Waals surface area contributed by atoms with Gasteiger partial charge in [-0.25, -0.2) is 0 Å². The van der Waals surface area contributed by atoms with Crippen LogP contribution in [0.15, 0.2) is 28.9 Å². The van der Waals surface area contributed by atoms with E-state index in [9.17, 15) is 0 Å². The van der Waals surface area contributed by atoms with E-state index in [1.807, 2.05) is 18.3 Å². The lowest BCUT2D eigenvalue weighted by atomic mass is 10.2. The molecule has 0 unspecified atom stereocenters. The van der Waals surface area contributed by atoms with Crippen LogP contribution in [0, 0.1) is 0 Å². The van der Waals surface area contributed by atoms with Crippen molar-refractivity contribution in [3.63, 3.8) is 0 Å². The van der Waals surface area contributed by atoms with Gasteiger partial charge in [-0.15, -0.1) is 0 Å². The number of fused-ring (bicyclic) bond motifs is 1. The van der Waals surface area contributed by atoms with Crippen LogP contribution in [-0.4, -0.2) is 19.2 Å². The van der Waals surface area contributed by atoms with E-state index in [0.717, 1.165) is 21.6 Å². The molecule has 0 saturated heterocycles. The summed E-state index contributed by atoms with van der Waals surface area (Å²) in [7, 11) is -1.02. The molecular formula is C14H19BrClNOSi. The highest BCUT2D eigenvalue weighted by Gasteiger charge is 2.12. The van der Waals surface area contributed by atoms with Crippen molar-refractivity contribution in [1.29, 1.82) is 0 Å². The third-order valence-corrected chi connectivity index (χ3v) is 6.10. The van der Waals surface area contributed by atoms with Crippen molar-refractivity contribution in [2.45, 2.75) is 32.4 Å². The van der Waals surface area contributed by atoms with E-state index in [2.05, 4.69) is 46.2 Å². The number of nitrogens with zero attached hydrogens (tertiary/aromatic N) is 1. The van der Waals surface area contributed by atoms with Gasteiger partial charge in [-0.2, -0.15) is 0 Å². The fourth-order valence-electron chi connectivity index (χ4n) is 1.87. The Labute approximate surface area is 128 Å². The summed E-state index contributed by atoms with van der Waals surface area (Å²) in [5.41, 5.74) is 1.10. The number of hydrogen-bond acceptors (Lipinski definition) is 1. The fourth-order valence-corrected chi connectivity index (χ4v) is 3.37. The Bertz CT molecular complexity index is 577. The zero-order chi connectivity index (χ0) is 14.0. The highest BCUT2D eigenvalue weighted by Crippen LogP contribution is 2.31. The van der Waals surface area contributed by atoms with Crippen LogP contribution in [0.5, 0.6) is 0 Å². The standard InChI is InChI=1S/C14H19BrClNOSi/c1-19(2,3)9-8-18-10-17-7-6-11-4-5-12(16)13(15)14(11)17/h4-7H,8-10H2,1-3H3. The molecule has 0 atom stereocenters. The van der Waals surface area contributed by atoms with Crippen LogP contribution in [0.4, 0.5) is 0 Å². The SMILES string of the molecule is C[Si](C)(C)CCOCn1ccc2ccc(Cl)c(Br)c21. The van der Waals surface area contributed by atoms with E-state index in [0.29, 0.717) is 6.73 Å². The maximum absolute atomic E-state index is 6.14. The van der Waals surface area contributed by atoms with Gasteiger partial charge < -0.3 is 9.30 Å². The first kappa shape index (κ1) is 15.1. The molecule has 0 bridgehead atoms. The zero-order valence-electron chi connectivity index (χ0n) is 11.5. The number of halogens is 2. The second-order valence-electron chi connectivity index (χ2n) is 5.93. The molecule has 0 aliphatic rings. The van der Waals surface area contributed by atoms with Crippen LogP contribution < -0.4 is 0 Å². The van der Waals surface area contributed by atoms with Gasteiger partial charge in [0.2, 0.25) is 0 Å². The predicted molar refractivity (Wildman–Crippen MR) is 88.8 cm³/mol. The molecule has 0 aliphatic carbocycles. The summed E-state index contributed by atoms with van der Waals surface area (Å²) in [5.74, 6) is 0. The van der Waals surface area contributed by atoms with Gasteiger partial charge in [-0.1, -0.05) is 37.3 Å². The molecule has 1 aromatic heterocycles. The molecule has 0 saturated carbocycles. The van der Waals surface area contributed by atoms with Crippen molar-refractivity contribution in [1.82, 2.24) is 4.57 Å². The first-order valence-electron chi connectivity index (χ1n) is 6.39. The molecule has 0 spiro atoms. The lowest BCUT2D eigenvalue weighted by Crippen LogP contribution is -2.21. The van der Waals surface area contributed by atoms with Gasteiger partial charge in [-0.05, 0) is 34.1 Å². The van der Waals surface area contributed by atoms with Crippen LogP contribution in [0.1, 0.15) is 0 Å². The lowest BCUT2D eigenvalue weighted by molar-refractivity contribution is 0.0902. The maximum atomic E-state index is 6.14. The molecule has 0 radical (unpaired) electrons. The highest BCUT2D eigenvalue weighted by molar-refractivity contribution is 9.10. The molecule has 19 heavy (non-hydrogen) atoms. The molecule has 5 heteroatoms. The molecule has 0 amide bonds. The maximum Gasteiger partial charge on any atom is 0.122 e. The molecule has 2 nitrogen and oxygen atoms in total. The van der Waals surface area contributed by atoms with Crippen molar-refractivity contribution in [3.8, 4) is 0 Å². The van der Waals surface area contributed by atoms with E-state index in [-0.39, 0.29) is 0 Å². The monoisotopic (exact) mass is 359 g/mol. The number of ether oxygens (including phenoxy) is 1. The Morgan fingerprint density at radius 2 is 2.00 bits per heavy atom. The number of hydrogen-bond donors (Lipinski definition) is 0. The van der Waals surface area contributed by atoms with Gasteiger partial charge in [-0.3, -0.25) is 0 Å². The first-order chi connectivity index (χ1) is 8.88. The van der Waals surface area contributed by atoms with E-state index in [1.165, 1.54) is 11.4 Å². The number of aromatic nitrogens is 1. The summed E-state index contributed by atoms with van der Waals surface area (Å²) in [4.78, 5) is 0. The van der Waals surface area contributed by atoms with Gasteiger partial charge in [0.1, 0.15) is 6.73 Å². The smallest absolute Gasteiger partial charge is 0.122 e. The minimum absolute atomic E-state index is 0.576. The van der Waals surface area contributed by atoms with Crippen molar-refractivity contribution < 1.29 is 4.74 Å². The molecular weight excluding hydrogens is 342 g/mol. The first-order valence-corrected chi connectivity index (χ1v) is 11.3.